The second-order valence-electron chi connectivity index (χ2n) is 5.08. The average molecular weight is 289 g/mol. The number of amides is 2. The molecule has 0 bridgehead atoms. The molecule has 1 saturated heterocycles. The lowest BCUT2D eigenvalue weighted by atomic mass is 10.1. The predicted molar refractivity (Wildman–Crippen MR) is 80.1 cm³/mol. The highest BCUT2D eigenvalue weighted by molar-refractivity contribution is 5.99. The third-order valence-corrected chi connectivity index (χ3v) is 3.32. The van der Waals surface area contributed by atoms with Crippen molar-refractivity contribution in [3.63, 3.8) is 0 Å². The van der Waals surface area contributed by atoms with Gasteiger partial charge in [0.15, 0.2) is 0 Å². The van der Waals surface area contributed by atoms with E-state index in [1.165, 1.54) is 6.92 Å². The van der Waals surface area contributed by atoms with E-state index >= 15 is 0 Å². The van der Waals surface area contributed by atoms with Gasteiger partial charge in [0.25, 0.3) is 5.91 Å². The number of rotatable bonds is 4. The van der Waals surface area contributed by atoms with Crippen molar-refractivity contribution in [2.75, 3.05) is 18.9 Å². The lowest BCUT2D eigenvalue weighted by Crippen LogP contribution is -2.26. The topological polar surface area (TPSA) is 71.0 Å². The molecule has 2 amide bonds. The lowest BCUT2D eigenvalue weighted by molar-refractivity contribution is -0.136. The Bertz CT molecular complexity index is 566. The van der Waals surface area contributed by atoms with Crippen LogP contribution >= 0.6 is 0 Å². The summed E-state index contributed by atoms with van der Waals surface area (Å²) in [6, 6.07) is 7.28. The first-order valence-electron chi connectivity index (χ1n) is 6.81. The maximum atomic E-state index is 11.7. The summed E-state index contributed by atoms with van der Waals surface area (Å²) in [4.78, 5) is 29.6. The van der Waals surface area contributed by atoms with Crippen LogP contribution in [0.3, 0.4) is 0 Å². The number of nitrogens with one attached hydrogen (secondary N) is 1. The molecule has 2 rings (SSSR count). The highest BCUT2D eigenvalue weighted by atomic mass is 16.6. The van der Waals surface area contributed by atoms with Crippen LogP contribution in [0, 0.1) is 0 Å². The van der Waals surface area contributed by atoms with E-state index in [-0.39, 0.29) is 11.8 Å². The maximum absolute atomic E-state index is 11.7. The fraction of sp³-hybridized carbons (Fsp3) is 0.400. The number of benzene rings is 1. The zero-order valence-electron chi connectivity index (χ0n) is 12.4. The Morgan fingerprint density at radius 1 is 1.33 bits per heavy atom. The Hall–Kier alpha value is -2.37. The Labute approximate surface area is 123 Å². The highest BCUT2D eigenvalue weighted by Gasteiger charge is 2.31. The van der Waals surface area contributed by atoms with E-state index in [0.717, 1.165) is 11.3 Å². The molecule has 0 unspecified atom stereocenters. The molecule has 0 saturated carbocycles. The summed E-state index contributed by atoms with van der Waals surface area (Å²) in [6.07, 6.45) is 0.178. The van der Waals surface area contributed by atoms with Gasteiger partial charge in [0, 0.05) is 32.6 Å². The summed E-state index contributed by atoms with van der Waals surface area (Å²) >= 11 is 0. The van der Waals surface area contributed by atoms with E-state index in [9.17, 15) is 9.59 Å². The van der Waals surface area contributed by atoms with E-state index in [0.29, 0.717) is 18.7 Å². The number of nitrogens with zero attached hydrogens (tertiary/aromatic N) is 2. The first-order chi connectivity index (χ1) is 9.97. The molecule has 1 fully saturated rings. The molecule has 1 aromatic carbocycles. The van der Waals surface area contributed by atoms with Gasteiger partial charge in [-0.1, -0.05) is 17.3 Å². The van der Waals surface area contributed by atoms with Gasteiger partial charge in [-0.05, 0) is 24.6 Å². The standard InChI is InChI=1S/C15H19N3O3/c1-10(17-21-14-8-9-18(3)15(14)20)12-4-6-13(7-5-12)16-11(2)19/h4-7,14H,8-9H2,1-3H3,(H,16,19)/t14-/m1/s1. The fourth-order valence-electron chi connectivity index (χ4n) is 2.08. The minimum absolute atomic E-state index is 0.0347. The lowest BCUT2D eigenvalue weighted by Gasteiger charge is -2.09. The molecule has 1 aliphatic rings. The number of carbonyl (C=O) groups excluding carboxylic acids is 2. The van der Waals surface area contributed by atoms with E-state index in [4.69, 9.17) is 4.84 Å². The Balaban J connectivity index is 1.99. The number of hydrogen-bond acceptors (Lipinski definition) is 4. The van der Waals surface area contributed by atoms with E-state index in [2.05, 4.69) is 10.5 Å². The summed E-state index contributed by atoms with van der Waals surface area (Å²) in [5.74, 6) is -0.145. The van der Waals surface area contributed by atoms with E-state index in [1.807, 2.05) is 19.1 Å². The summed E-state index contributed by atoms with van der Waals surface area (Å²) in [6.45, 7) is 3.98. The first kappa shape index (κ1) is 15.0. The quantitative estimate of drug-likeness (QED) is 0.676. The van der Waals surface area contributed by atoms with Gasteiger partial charge in [0.05, 0.1) is 5.71 Å². The van der Waals surface area contributed by atoms with Gasteiger partial charge in [0.1, 0.15) is 0 Å². The largest absolute Gasteiger partial charge is 0.382 e. The van der Waals surface area contributed by atoms with Crippen molar-refractivity contribution in [3.8, 4) is 0 Å². The third kappa shape index (κ3) is 3.81. The van der Waals surface area contributed by atoms with Crippen molar-refractivity contribution in [2.24, 2.45) is 5.16 Å². The summed E-state index contributed by atoms with van der Waals surface area (Å²) in [7, 11) is 1.75. The number of carbonyl (C=O) groups is 2. The van der Waals surface area contributed by atoms with Crippen molar-refractivity contribution in [3.05, 3.63) is 29.8 Å². The van der Waals surface area contributed by atoms with Gasteiger partial charge in [-0.3, -0.25) is 9.59 Å². The molecule has 1 atom stereocenters. The second kappa shape index (κ2) is 6.39. The third-order valence-electron chi connectivity index (χ3n) is 3.32. The minimum atomic E-state index is -0.483. The van der Waals surface area contributed by atoms with Gasteiger partial charge in [-0.15, -0.1) is 0 Å². The van der Waals surface area contributed by atoms with Gasteiger partial charge in [-0.25, -0.2) is 0 Å². The molecule has 1 heterocycles. The summed E-state index contributed by atoms with van der Waals surface area (Å²) in [5, 5.41) is 6.73. The molecule has 0 spiro atoms. The number of hydrogen-bond donors (Lipinski definition) is 1. The monoisotopic (exact) mass is 289 g/mol. The molecule has 0 aliphatic carbocycles. The molecule has 6 heteroatoms. The van der Waals surface area contributed by atoms with Crippen molar-refractivity contribution in [1.82, 2.24) is 4.90 Å². The van der Waals surface area contributed by atoms with Gasteiger partial charge in [0.2, 0.25) is 12.0 Å². The Kier molecular flexibility index (Phi) is 4.57. The van der Waals surface area contributed by atoms with Gasteiger partial charge < -0.3 is 15.1 Å². The molecule has 1 aliphatic heterocycles. The molecule has 1 N–H and O–H groups in total. The number of oxime groups is 1. The molecule has 1 aromatic rings. The zero-order valence-corrected chi connectivity index (χ0v) is 12.4. The predicted octanol–water partition coefficient (Wildman–Crippen LogP) is 1.62. The first-order valence-corrected chi connectivity index (χ1v) is 6.81. The highest BCUT2D eigenvalue weighted by Crippen LogP contribution is 2.14. The van der Waals surface area contributed by atoms with Crippen LogP contribution in [0.15, 0.2) is 29.4 Å². The van der Waals surface area contributed by atoms with E-state index in [1.54, 1.807) is 24.1 Å². The summed E-state index contributed by atoms with van der Waals surface area (Å²) in [5.41, 5.74) is 2.29. The summed E-state index contributed by atoms with van der Waals surface area (Å²) < 4.78 is 0. The molecule has 0 aromatic heterocycles. The van der Waals surface area contributed by atoms with Crippen LogP contribution in [-0.4, -0.2) is 42.1 Å². The smallest absolute Gasteiger partial charge is 0.266 e. The second-order valence-corrected chi connectivity index (χ2v) is 5.08. The van der Waals surface area contributed by atoms with Crippen LogP contribution in [0.25, 0.3) is 0 Å². The molecule has 112 valence electrons. The maximum Gasteiger partial charge on any atom is 0.266 e. The van der Waals surface area contributed by atoms with Crippen molar-refractivity contribution < 1.29 is 14.4 Å². The van der Waals surface area contributed by atoms with Gasteiger partial charge in [-0.2, -0.15) is 0 Å². The van der Waals surface area contributed by atoms with E-state index < -0.39 is 6.10 Å². The zero-order chi connectivity index (χ0) is 15.4. The average Bonchev–Trinajstić information content (AvgIpc) is 2.76. The SMILES string of the molecule is CC(=O)Nc1ccc(C(C)=NO[C@@H]2CCN(C)C2=O)cc1. The van der Waals surface area contributed by atoms with Crippen molar-refractivity contribution >= 4 is 23.2 Å². The molecule has 6 nitrogen and oxygen atoms in total. The Morgan fingerprint density at radius 3 is 2.52 bits per heavy atom. The molecular weight excluding hydrogens is 270 g/mol. The molecule has 0 radical (unpaired) electrons. The van der Waals surface area contributed by atoms with Crippen LogP contribution in [0.4, 0.5) is 5.69 Å². The van der Waals surface area contributed by atoms with Crippen LogP contribution in [-0.2, 0) is 14.4 Å². The van der Waals surface area contributed by atoms with Crippen molar-refractivity contribution in [2.45, 2.75) is 26.4 Å². The van der Waals surface area contributed by atoms with Gasteiger partial charge >= 0.3 is 0 Å². The minimum Gasteiger partial charge on any atom is -0.382 e. The Morgan fingerprint density at radius 2 is 2.00 bits per heavy atom. The van der Waals surface area contributed by atoms with Crippen LogP contribution in [0.5, 0.6) is 0 Å². The molecule has 21 heavy (non-hydrogen) atoms. The fourth-order valence-corrected chi connectivity index (χ4v) is 2.08. The number of likely N-dealkylation sites (N-methyl/N-ethyl adjacent to an activating group) is 1. The molecular formula is C15H19N3O3. The number of anilines is 1. The van der Waals surface area contributed by atoms with Crippen molar-refractivity contribution in [1.29, 1.82) is 0 Å². The normalized spacial score (nSPS) is 18.8. The number of likely N-dealkylation sites (tertiary alicyclic amines) is 1. The van der Waals surface area contributed by atoms with Crippen LogP contribution < -0.4 is 5.32 Å². The van der Waals surface area contributed by atoms with Crippen LogP contribution in [0.1, 0.15) is 25.8 Å². The van der Waals surface area contributed by atoms with Crippen LogP contribution in [0.2, 0.25) is 0 Å².